The SMILES string of the molecule is CCC.CCCC.CCCC(C)CC. The van der Waals surface area contributed by atoms with Crippen LogP contribution in [0.25, 0.3) is 0 Å². The zero-order valence-corrected chi connectivity index (χ0v) is 11.8. The minimum absolute atomic E-state index is 0.949. The molecule has 90 valence electrons. The minimum atomic E-state index is 0.949. The molecule has 1 unspecified atom stereocenters. The molecule has 0 aromatic rings. The summed E-state index contributed by atoms with van der Waals surface area (Å²) in [6, 6.07) is 0. The fraction of sp³-hybridized carbons (Fsp3) is 1.00. The van der Waals surface area contributed by atoms with Gasteiger partial charge in [0.1, 0.15) is 0 Å². The van der Waals surface area contributed by atoms with Crippen molar-refractivity contribution in [3.8, 4) is 0 Å². The molecule has 0 amide bonds. The summed E-state index contributed by atoms with van der Waals surface area (Å²) in [5.74, 6) is 0.949. The van der Waals surface area contributed by atoms with Crippen LogP contribution in [0.3, 0.4) is 0 Å². The topological polar surface area (TPSA) is 0 Å². The molecule has 0 spiro atoms. The highest BCUT2D eigenvalue weighted by Crippen LogP contribution is 2.07. The van der Waals surface area contributed by atoms with Crippen LogP contribution >= 0.6 is 0 Å². The molecule has 0 bridgehead atoms. The second-order valence-electron chi connectivity index (χ2n) is 4.01. The maximum Gasteiger partial charge on any atom is -0.0446 e. The molecule has 0 radical (unpaired) electrons. The summed E-state index contributed by atoms with van der Waals surface area (Å²) in [4.78, 5) is 0. The molecule has 0 aliphatic heterocycles. The summed E-state index contributed by atoms with van der Waals surface area (Å²) in [6.07, 6.45) is 7.97. The molecular weight excluding hydrogens is 168 g/mol. The average Bonchev–Trinajstić information content (AvgIpc) is 2.20. The molecule has 14 heavy (non-hydrogen) atoms. The van der Waals surface area contributed by atoms with Gasteiger partial charge in [0, 0.05) is 0 Å². The van der Waals surface area contributed by atoms with Crippen LogP contribution in [-0.4, -0.2) is 0 Å². The van der Waals surface area contributed by atoms with Crippen molar-refractivity contribution in [2.45, 2.75) is 87.0 Å². The van der Waals surface area contributed by atoms with Crippen LogP contribution in [0.2, 0.25) is 0 Å². The minimum Gasteiger partial charge on any atom is -0.0656 e. The highest BCUT2D eigenvalue weighted by atomic mass is 14.0. The molecule has 1 atom stereocenters. The normalized spacial score (nSPS) is 10.5. The van der Waals surface area contributed by atoms with E-state index in [0.717, 1.165) is 5.92 Å². The molecule has 0 heteroatoms. The summed E-state index contributed by atoms with van der Waals surface area (Å²) < 4.78 is 0. The lowest BCUT2D eigenvalue weighted by atomic mass is 10.0. The Hall–Kier alpha value is 0. The third-order valence-electron chi connectivity index (χ3n) is 1.98. The lowest BCUT2D eigenvalue weighted by Gasteiger charge is -2.02. The average molecular weight is 202 g/mol. The number of unbranched alkanes of at least 4 members (excludes halogenated alkanes) is 1. The van der Waals surface area contributed by atoms with Gasteiger partial charge in [-0.2, -0.15) is 0 Å². The van der Waals surface area contributed by atoms with Gasteiger partial charge in [0.25, 0.3) is 0 Å². The van der Waals surface area contributed by atoms with Gasteiger partial charge in [0.05, 0.1) is 0 Å². The Bertz CT molecular complexity index is 55.1. The van der Waals surface area contributed by atoms with Crippen molar-refractivity contribution in [2.24, 2.45) is 5.92 Å². The van der Waals surface area contributed by atoms with Crippen LogP contribution in [-0.2, 0) is 0 Å². The van der Waals surface area contributed by atoms with Gasteiger partial charge in [0.2, 0.25) is 0 Å². The van der Waals surface area contributed by atoms with Crippen molar-refractivity contribution >= 4 is 0 Å². The van der Waals surface area contributed by atoms with Gasteiger partial charge in [-0.25, -0.2) is 0 Å². The second-order valence-corrected chi connectivity index (χ2v) is 4.01. The van der Waals surface area contributed by atoms with E-state index in [1.807, 2.05) is 0 Å². The molecule has 0 aromatic heterocycles. The van der Waals surface area contributed by atoms with Crippen LogP contribution in [0.5, 0.6) is 0 Å². The zero-order valence-electron chi connectivity index (χ0n) is 11.8. The first-order chi connectivity index (χ1) is 6.64. The van der Waals surface area contributed by atoms with E-state index in [4.69, 9.17) is 0 Å². The quantitative estimate of drug-likeness (QED) is 0.520. The summed E-state index contributed by atoms with van der Waals surface area (Å²) in [5, 5.41) is 0. The molecule has 0 aliphatic carbocycles. The van der Waals surface area contributed by atoms with E-state index in [2.05, 4.69) is 48.5 Å². The van der Waals surface area contributed by atoms with E-state index < -0.39 is 0 Å². The smallest absolute Gasteiger partial charge is 0.0446 e. The fourth-order valence-corrected chi connectivity index (χ4v) is 0.697. The third kappa shape index (κ3) is 40.3. The van der Waals surface area contributed by atoms with E-state index in [-0.39, 0.29) is 0 Å². The predicted octanol–water partition coefficient (Wildman–Crippen LogP) is 6.06. The van der Waals surface area contributed by atoms with Gasteiger partial charge in [-0.1, -0.05) is 87.0 Å². The number of hydrogen-bond donors (Lipinski definition) is 0. The van der Waals surface area contributed by atoms with Crippen LogP contribution in [0, 0.1) is 5.92 Å². The molecule has 0 heterocycles. The molecule has 0 rings (SSSR count). The Morgan fingerprint density at radius 2 is 1.07 bits per heavy atom. The highest BCUT2D eigenvalue weighted by Gasteiger charge is 1.92. The van der Waals surface area contributed by atoms with E-state index in [1.54, 1.807) is 0 Å². The molecule has 0 saturated carbocycles. The fourth-order valence-electron chi connectivity index (χ4n) is 0.697. The van der Waals surface area contributed by atoms with Gasteiger partial charge in [-0.15, -0.1) is 0 Å². The highest BCUT2D eigenvalue weighted by molar-refractivity contribution is 4.45. The van der Waals surface area contributed by atoms with Crippen LogP contribution in [0.1, 0.15) is 87.0 Å². The first-order valence-corrected chi connectivity index (χ1v) is 6.64. The van der Waals surface area contributed by atoms with Crippen molar-refractivity contribution in [3.05, 3.63) is 0 Å². The van der Waals surface area contributed by atoms with E-state index in [1.165, 1.54) is 38.5 Å². The van der Waals surface area contributed by atoms with E-state index >= 15 is 0 Å². The Morgan fingerprint density at radius 3 is 1.14 bits per heavy atom. The monoisotopic (exact) mass is 202 g/mol. The standard InChI is InChI=1S/C7H16.C4H10.C3H8/c1-4-6-7(3)5-2;1-3-4-2;1-3-2/h7H,4-6H2,1-3H3;3-4H2,1-2H3;3H2,1-2H3. The third-order valence-corrected chi connectivity index (χ3v) is 1.98. The van der Waals surface area contributed by atoms with Crippen LogP contribution in [0.4, 0.5) is 0 Å². The zero-order chi connectivity index (χ0) is 11.8. The van der Waals surface area contributed by atoms with Crippen molar-refractivity contribution in [1.29, 1.82) is 0 Å². The predicted molar refractivity (Wildman–Crippen MR) is 70.9 cm³/mol. The van der Waals surface area contributed by atoms with Crippen molar-refractivity contribution < 1.29 is 0 Å². The first-order valence-electron chi connectivity index (χ1n) is 6.64. The van der Waals surface area contributed by atoms with Crippen molar-refractivity contribution in [3.63, 3.8) is 0 Å². The summed E-state index contributed by atoms with van der Waals surface area (Å²) in [5.41, 5.74) is 0. The number of rotatable bonds is 4. The van der Waals surface area contributed by atoms with E-state index in [9.17, 15) is 0 Å². The van der Waals surface area contributed by atoms with Crippen molar-refractivity contribution in [1.82, 2.24) is 0 Å². The number of hydrogen-bond acceptors (Lipinski definition) is 0. The Balaban J connectivity index is -0.000000147. The summed E-state index contributed by atoms with van der Waals surface area (Å²) in [6.45, 7) is 15.4. The molecule has 0 N–H and O–H groups in total. The first kappa shape index (κ1) is 19.6. The van der Waals surface area contributed by atoms with Gasteiger partial charge in [-0.3, -0.25) is 0 Å². The van der Waals surface area contributed by atoms with E-state index in [0.29, 0.717) is 0 Å². The molecule has 0 saturated heterocycles. The second kappa shape index (κ2) is 23.1. The maximum atomic E-state index is 2.31. The summed E-state index contributed by atoms with van der Waals surface area (Å²) >= 11 is 0. The Labute approximate surface area is 93.5 Å². The molecule has 0 aliphatic rings. The summed E-state index contributed by atoms with van der Waals surface area (Å²) in [7, 11) is 0. The molecule has 0 nitrogen and oxygen atoms in total. The lowest BCUT2D eigenvalue weighted by molar-refractivity contribution is 0.509. The largest absolute Gasteiger partial charge is 0.0656 e. The Kier molecular flexibility index (Phi) is 32.3. The van der Waals surface area contributed by atoms with Crippen LogP contribution in [0.15, 0.2) is 0 Å². The molecular formula is C14H34. The Morgan fingerprint density at radius 1 is 0.714 bits per heavy atom. The maximum absolute atomic E-state index is 2.31. The van der Waals surface area contributed by atoms with Gasteiger partial charge in [0.15, 0.2) is 0 Å². The molecule has 0 aromatic carbocycles. The van der Waals surface area contributed by atoms with Crippen LogP contribution < -0.4 is 0 Å². The van der Waals surface area contributed by atoms with Crippen molar-refractivity contribution in [2.75, 3.05) is 0 Å². The van der Waals surface area contributed by atoms with Gasteiger partial charge in [-0.05, 0) is 5.92 Å². The van der Waals surface area contributed by atoms with Gasteiger partial charge < -0.3 is 0 Å². The van der Waals surface area contributed by atoms with Gasteiger partial charge >= 0.3 is 0 Å². The lowest BCUT2D eigenvalue weighted by Crippen LogP contribution is -1.88. The molecule has 0 fully saturated rings.